The van der Waals surface area contributed by atoms with Crippen molar-refractivity contribution in [3.05, 3.63) is 79.0 Å². The van der Waals surface area contributed by atoms with Gasteiger partial charge in [0.15, 0.2) is 0 Å². The van der Waals surface area contributed by atoms with Crippen molar-refractivity contribution in [1.82, 2.24) is 19.7 Å². The van der Waals surface area contributed by atoms with Crippen LogP contribution in [0.2, 0.25) is 0 Å². The summed E-state index contributed by atoms with van der Waals surface area (Å²) in [6.07, 6.45) is 7.33. The van der Waals surface area contributed by atoms with Gasteiger partial charge in [0.25, 0.3) is 0 Å². The largest absolute Gasteiger partial charge is 0.438 e. The van der Waals surface area contributed by atoms with Gasteiger partial charge in [-0.15, -0.1) is 0 Å². The molecule has 0 N–H and O–H groups in total. The first kappa shape index (κ1) is 21.0. The monoisotopic (exact) mass is 444 g/mol. The van der Waals surface area contributed by atoms with E-state index in [1.165, 1.54) is 37.7 Å². The summed E-state index contributed by atoms with van der Waals surface area (Å²) >= 11 is 0. The predicted octanol–water partition coefficient (Wildman–Crippen LogP) is 6.51. The summed E-state index contributed by atoms with van der Waals surface area (Å²) < 4.78 is 21.6. The molecule has 1 saturated carbocycles. The smallest absolute Gasteiger partial charge is 0.230 e. The van der Waals surface area contributed by atoms with Crippen LogP contribution < -0.4 is 0 Å². The number of fused-ring (bicyclic) bond motifs is 1. The van der Waals surface area contributed by atoms with Crippen molar-refractivity contribution in [2.24, 2.45) is 5.92 Å². The second-order valence-electron chi connectivity index (χ2n) is 8.34. The van der Waals surface area contributed by atoms with Gasteiger partial charge in [0.05, 0.1) is 11.1 Å². The molecule has 0 aliphatic heterocycles. The molecule has 0 unspecified atom stereocenters. The third-order valence-corrected chi connectivity index (χ3v) is 6.19. The van der Waals surface area contributed by atoms with Crippen LogP contribution in [0, 0.1) is 11.7 Å². The fourth-order valence-corrected chi connectivity index (χ4v) is 4.26. The molecule has 0 atom stereocenters. The van der Waals surface area contributed by atoms with Gasteiger partial charge in [-0.1, -0.05) is 36.8 Å². The molecule has 6 rings (SSSR count). The average Bonchev–Trinajstić information content (AvgIpc) is 3.42. The number of nitrogens with zero attached hydrogens (tertiary/aromatic N) is 4. The Bertz CT molecular complexity index is 1390. The lowest BCUT2D eigenvalue weighted by Gasteiger charge is -2.24. The molecule has 2 aromatic carbocycles. The zero-order chi connectivity index (χ0) is 21.5. The summed E-state index contributed by atoms with van der Waals surface area (Å²) in [6.45, 7) is 0.878. The van der Waals surface area contributed by atoms with Gasteiger partial charge in [-0.3, -0.25) is 9.39 Å². The predicted molar refractivity (Wildman–Crippen MR) is 124 cm³/mol. The number of furan rings is 1. The highest BCUT2D eigenvalue weighted by Crippen LogP contribution is 2.37. The summed E-state index contributed by atoms with van der Waals surface area (Å²) in [7, 11) is 0. The molecule has 0 radical (unpaired) electrons. The summed E-state index contributed by atoms with van der Waals surface area (Å²) in [6, 6.07) is 18.4. The SMILES string of the molecule is F.Fc1ccc(-c2nn(CC3CCC3)cc2-c2ncnc3oc(-c4ccccc4)cc23)cc1. The fraction of sp³-hybridized carbons (Fsp3) is 0.192. The van der Waals surface area contributed by atoms with Gasteiger partial charge < -0.3 is 4.42 Å². The van der Waals surface area contributed by atoms with E-state index in [1.54, 1.807) is 12.1 Å². The molecule has 1 aliphatic carbocycles. The molecule has 3 heterocycles. The van der Waals surface area contributed by atoms with Crippen LogP contribution in [0.5, 0.6) is 0 Å². The Morgan fingerprint density at radius 3 is 2.45 bits per heavy atom. The van der Waals surface area contributed by atoms with E-state index < -0.39 is 0 Å². The maximum absolute atomic E-state index is 13.6. The molecule has 0 saturated heterocycles. The van der Waals surface area contributed by atoms with Crippen molar-refractivity contribution in [3.63, 3.8) is 0 Å². The van der Waals surface area contributed by atoms with Gasteiger partial charge in [-0.2, -0.15) is 5.10 Å². The number of aromatic nitrogens is 4. The van der Waals surface area contributed by atoms with Gasteiger partial charge >= 0.3 is 0 Å². The first-order valence-electron chi connectivity index (χ1n) is 10.9. The van der Waals surface area contributed by atoms with Crippen molar-refractivity contribution in [2.75, 3.05) is 0 Å². The number of hydrogen-bond donors (Lipinski definition) is 0. The maximum Gasteiger partial charge on any atom is 0.230 e. The zero-order valence-corrected chi connectivity index (χ0v) is 17.8. The third-order valence-electron chi connectivity index (χ3n) is 6.19. The topological polar surface area (TPSA) is 56.7 Å². The van der Waals surface area contributed by atoms with Crippen LogP contribution in [0.3, 0.4) is 0 Å². The zero-order valence-electron chi connectivity index (χ0n) is 17.8. The van der Waals surface area contributed by atoms with E-state index in [2.05, 4.69) is 9.97 Å². The van der Waals surface area contributed by atoms with Crippen LogP contribution in [0.25, 0.3) is 44.9 Å². The second kappa shape index (κ2) is 8.58. The van der Waals surface area contributed by atoms with Crippen LogP contribution in [0.15, 0.2) is 77.6 Å². The number of hydrogen-bond acceptors (Lipinski definition) is 4. The van der Waals surface area contributed by atoms with Gasteiger partial charge in [-0.25, -0.2) is 14.4 Å². The molecule has 0 spiro atoms. The quantitative estimate of drug-likeness (QED) is 0.310. The van der Waals surface area contributed by atoms with E-state index in [9.17, 15) is 4.39 Å². The molecule has 3 aromatic heterocycles. The third kappa shape index (κ3) is 3.91. The first-order valence-corrected chi connectivity index (χ1v) is 10.9. The van der Waals surface area contributed by atoms with Gasteiger partial charge in [-0.05, 0) is 49.1 Å². The Labute approximate surface area is 189 Å². The van der Waals surface area contributed by atoms with Crippen molar-refractivity contribution < 1.29 is 13.5 Å². The molecule has 5 nitrogen and oxygen atoms in total. The number of benzene rings is 2. The highest BCUT2D eigenvalue weighted by atomic mass is 19.1. The van der Waals surface area contributed by atoms with Gasteiger partial charge in [0.1, 0.15) is 23.6 Å². The summed E-state index contributed by atoms with van der Waals surface area (Å²) in [5.41, 5.74) is 4.81. The normalized spacial score (nSPS) is 13.6. The molecular weight excluding hydrogens is 422 g/mol. The standard InChI is InChI=1S/C26H21FN4O.FH/c27-20-11-9-19(10-12-20)24-22(15-31(30-24)14-17-5-4-6-17)25-21-13-23(18-7-2-1-3-8-18)32-26(21)29-16-28-25;/h1-3,7-13,15-17H,4-6,14H2;1H. The van der Waals surface area contributed by atoms with Gasteiger partial charge in [0.2, 0.25) is 5.71 Å². The highest BCUT2D eigenvalue weighted by molar-refractivity contribution is 5.95. The molecule has 0 bridgehead atoms. The molecule has 7 heteroatoms. The summed E-state index contributed by atoms with van der Waals surface area (Å²) in [4.78, 5) is 8.97. The molecule has 166 valence electrons. The van der Waals surface area contributed by atoms with E-state index in [1.807, 2.05) is 47.3 Å². The van der Waals surface area contributed by atoms with Crippen LogP contribution in [0.4, 0.5) is 9.09 Å². The molecule has 5 aromatic rings. The lowest BCUT2D eigenvalue weighted by atomic mass is 9.85. The van der Waals surface area contributed by atoms with E-state index in [-0.39, 0.29) is 10.5 Å². The molecule has 1 fully saturated rings. The van der Waals surface area contributed by atoms with Crippen molar-refractivity contribution in [2.45, 2.75) is 25.8 Å². The van der Waals surface area contributed by atoms with Crippen molar-refractivity contribution >= 4 is 11.1 Å². The number of rotatable bonds is 5. The fourth-order valence-electron chi connectivity index (χ4n) is 4.26. The Hall–Kier alpha value is -3.87. The molecular formula is C26H22F2N4O. The van der Waals surface area contributed by atoms with Crippen LogP contribution >= 0.6 is 0 Å². The van der Waals surface area contributed by atoms with Crippen LogP contribution in [-0.4, -0.2) is 19.7 Å². The van der Waals surface area contributed by atoms with Crippen molar-refractivity contribution in [3.8, 4) is 33.8 Å². The lowest BCUT2D eigenvalue weighted by molar-refractivity contribution is 0.267. The molecule has 1 aliphatic rings. The highest BCUT2D eigenvalue weighted by Gasteiger charge is 2.23. The number of halogens is 2. The maximum atomic E-state index is 13.6. The summed E-state index contributed by atoms with van der Waals surface area (Å²) in [5, 5.41) is 5.71. The first-order chi connectivity index (χ1) is 15.7. The van der Waals surface area contributed by atoms with Crippen LogP contribution in [0.1, 0.15) is 19.3 Å². The van der Waals surface area contributed by atoms with E-state index >= 15 is 0 Å². The Morgan fingerprint density at radius 1 is 0.939 bits per heavy atom. The van der Waals surface area contributed by atoms with E-state index in [0.29, 0.717) is 11.6 Å². The van der Waals surface area contributed by atoms with E-state index in [0.717, 1.165) is 45.8 Å². The molecule has 0 amide bonds. The van der Waals surface area contributed by atoms with Crippen LogP contribution in [-0.2, 0) is 6.54 Å². The minimum atomic E-state index is -0.268. The second-order valence-corrected chi connectivity index (χ2v) is 8.34. The Kier molecular flexibility index (Phi) is 5.46. The summed E-state index contributed by atoms with van der Waals surface area (Å²) in [5.74, 6) is 1.14. The minimum absolute atomic E-state index is 0. The Morgan fingerprint density at radius 2 is 1.73 bits per heavy atom. The molecule has 33 heavy (non-hydrogen) atoms. The average molecular weight is 444 g/mol. The van der Waals surface area contributed by atoms with Gasteiger partial charge in [0, 0.05) is 29.4 Å². The van der Waals surface area contributed by atoms with E-state index in [4.69, 9.17) is 9.52 Å². The lowest BCUT2D eigenvalue weighted by Crippen LogP contribution is -2.18. The minimum Gasteiger partial charge on any atom is -0.438 e. The van der Waals surface area contributed by atoms with Crippen molar-refractivity contribution in [1.29, 1.82) is 0 Å². The Balaban J connectivity index is 0.00000228.